The van der Waals surface area contributed by atoms with Crippen molar-refractivity contribution in [2.45, 2.75) is 32.2 Å². The Balaban J connectivity index is 1.75. The molecule has 0 saturated heterocycles. The minimum absolute atomic E-state index is 0.510. The van der Waals surface area contributed by atoms with Gasteiger partial charge in [0.2, 0.25) is 0 Å². The Morgan fingerprint density at radius 3 is 3.13 bits per heavy atom. The molecule has 0 fully saturated rings. The number of rotatable bonds is 4. The molecule has 1 nitrogen and oxygen atoms in total. The van der Waals surface area contributed by atoms with Crippen molar-refractivity contribution in [1.29, 1.82) is 0 Å². The van der Waals surface area contributed by atoms with E-state index < -0.39 is 0 Å². The molecule has 0 bridgehead atoms. The van der Waals surface area contributed by atoms with Crippen molar-refractivity contribution in [3.63, 3.8) is 0 Å². The molecule has 0 saturated carbocycles. The third-order valence-electron chi connectivity index (χ3n) is 3.06. The molecule has 2 atom stereocenters. The van der Waals surface area contributed by atoms with Crippen LogP contribution in [0, 0.1) is 5.92 Å². The summed E-state index contributed by atoms with van der Waals surface area (Å²) in [5.41, 5.74) is 0. The Kier molecular flexibility index (Phi) is 3.98. The molecule has 0 aromatic carbocycles. The van der Waals surface area contributed by atoms with Gasteiger partial charge < -0.3 is 5.32 Å². The molecule has 1 N–H and O–H groups in total. The van der Waals surface area contributed by atoms with Gasteiger partial charge in [-0.2, -0.15) is 0 Å². The average Bonchev–Trinajstić information content (AvgIpc) is 2.81. The van der Waals surface area contributed by atoms with E-state index in [9.17, 15) is 0 Å². The fourth-order valence-corrected chi connectivity index (χ4v) is 2.78. The van der Waals surface area contributed by atoms with Gasteiger partial charge in [0.05, 0.1) is 0 Å². The van der Waals surface area contributed by atoms with Crippen LogP contribution in [0.4, 0.5) is 0 Å². The van der Waals surface area contributed by atoms with Crippen LogP contribution in [0.5, 0.6) is 0 Å². The Labute approximate surface area is 96.2 Å². The molecule has 0 radical (unpaired) electrons. The van der Waals surface area contributed by atoms with Gasteiger partial charge in [-0.25, -0.2) is 0 Å². The Morgan fingerprint density at radius 2 is 2.47 bits per heavy atom. The zero-order valence-corrected chi connectivity index (χ0v) is 10.1. The standard InChI is InChI=1S/C13H19NS/c1-11(13-8-5-9-15-13)14-10-12-6-3-2-4-7-12/h2-3,5,8-9,11-12,14H,4,6-7,10H2,1H3/t11-,12?/m0/s1. The molecule has 1 aliphatic carbocycles. The van der Waals surface area contributed by atoms with Gasteiger partial charge in [-0.15, -0.1) is 11.3 Å². The van der Waals surface area contributed by atoms with Crippen LogP contribution in [0.2, 0.25) is 0 Å². The zero-order chi connectivity index (χ0) is 10.5. The van der Waals surface area contributed by atoms with Crippen molar-refractivity contribution in [3.8, 4) is 0 Å². The summed E-state index contributed by atoms with van der Waals surface area (Å²) in [6.07, 6.45) is 8.50. The lowest BCUT2D eigenvalue weighted by Gasteiger charge is -2.20. The van der Waals surface area contributed by atoms with Gasteiger partial charge in [0, 0.05) is 10.9 Å². The predicted molar refractivity (Wildman–Crippen MR) is 67.2 cm³/mol. The van der Waals surface area contributed by atoms with E-state index in [1.54, 1.807) is 0 Å². The fourth-order valence-electron chi connectivity index (χ4n) is 2.02. The summed E-state index contributed by atoms with van der Waals surface area (Å²) >= 11 is 1.84. The van der Waals surface area contributed by atoms with Crippen molar-refractivity contribution in [1.82, 2.24) is 5.32 Å². The lowest BCUT2D eigenvalue weighted by molar-refractivity contribution is 0.417. The van der Waals surface area contributed by atoms with Crippen molar-refractivity contribution < 1.29 is 0 Å². The number of nitrogens with one attached hydrogen (secondary N) is 1. The largest absolute Gasteiger partial charge is 0.309 e. The van der Waals surface area contributed by atoms with Crippen LogP contribution in [0.25, 0.3) is 0 Å². The smallest absolute Gasteiger partial charge is 0.0386 e. The summed E-state index contributed by atoms with van der Waals surface area (Å²) in [6.45, 7) is 3.41. The van der Waals surface area contributed by atoms with Gasteiger partial charge in [-0.3, -0.25) is 0 Å². The molecule has 15 heavy (non-hydrogen) atoms. The number of hydrogen-bond acceptors (Lipinski definition) is 2. The molecular formula is C13H19NS. The van der Waals surface area contributed by atoms with Gasteiger partial charge >= 0.3 is 0 Å². The second-order valence-electron chi connectivity index (χ2n) is 4.30. The lowest BCUT2D eigenvalue weighted by Crippen LogP contribution is -2.25. The first-order chi connectivity index (χ1) is 7.36. The molecule has 1 aromatic rings. The van der Waals surface area contributed by atoms with Crippen molar-refractivity contribution in [2.24, 2.45) is 5.92 Å². The number of hydrogen-bond donors (Lipinski definition) is 1. The van der Waals surface area contributed by atoms with E-state index in [4.69, 9.17) is 0 Å². The molecule has 1 heterocycles. The van der Waals surface area contributed by atoms with E-state index in [1.807, 2.05) is 11.3 Å². The van der Waals surface area contributed by atoms with Gasteiger partial charge in [-0.1, -0.05) is 18.2 Å². The first-order valence-corrected chi connectivity index (χ1v) is 6.66. The van der Waals surface area contributed by atoms with Gasteiger partial charge in [0.25, 0.3) is 0 Å². The molecule has 1 aromatic heterocycles. The molecule has 0 spiro atoms. The predicted octanol–water partition coefficient (Wildman–Crippen LogP) is 3.76. The highest BCUT2D eigenvalue weighted by molar-refractivity contribution is 7.10. The van der Waals surface area contributed by atoms with Gasteiger partial charge in [0.1, 0.15) is 0 Å². The van der Waals surface area contributed by atoms with E-state index in [0.29, 0.717) is 6.04 Å². The zero-order valence-electron chi connectivity index (χ0n) is 9.28. The summed E-state index contributed by atoms with van der Waals surface area (Å²) in [4.78, 5) is 1.45. The van der Waals surface area contributed by atoms with Crippen LogP contribution in [0.3, 0.4) is 0 Å². The Bertz CT molecular complexity index is 302. The fraction of sp³-hybridized carbons (Fsp3) is 0.538. The minimum Gasteiger partial charge on any atom is -0.309 e. The van der Waals surface area contributed by atoms with Crippen LogP contribution < -0.4 is 5.32 Å². The molecule has 0 aliphatic heterocycles. The van der Waals surface area contributed by atoms with Crippen LogP contribution in [0.1, 0.15) is 37.1 Å². The third kappa shape index (κ3) is 3.18. The van der Waals surface area contributed by atoms with Gasteiger partial charge in [0.15, 0.2) is 0 Å². The molecular weight excluding hydrogens is 202 g/mol. The number of thiophene rings is 1. The monoisotopic (exact) mass is 221 g/mol. The summed E-state index contributed by atoms with van der Waals surface area (Å²) in [7, 11) is 0. The second kappa shape index (κ2) is 5.47. The maximum atomic E-state index is 3.63. The number of allylic oxidation sites excluding steroid dienone is 2. The normalized spacial score (nSPS) is 22.9. The van der Waals surface area contributed by atoms with Crippen LogP contribution in [0.15, 0.2) is 29.7 Å². The molecule has 82 valence electrons. The highest BCUT2D eigenvalue weighted by Gasteiger charge is 2.12. The first kappa shape index (κ1) is 10.9. The van der Waals surface area contributed by atoms with E-state index in [2.05, 4.69) is 41.9 Å². The van der Waals surface area contributed by atoms with E-state index >= 15 is 0 Å². The molecule has 1 unspecified atom stereocenters. The van der Waals surface area contributed by atoms with Crippen molar-refractivity contribution in [2.75, 3.05) is 6.54 Å². The van der Waals surface area contributed by atoms with Crippen LogP contribution in [-0.2, 0) is 0 Å². The van der Waals surface area contributed by atoms with Gasteiger partial charge in [-0.05, 0) is 50.1 Å². The third-order valence-corrected chi connectivity index (χ3v) is 4.12. The lowest BCUT2D eigenvalue weighted by atomic mass is 9.94. The second-order valence-corrected chi connectivity index (χ2v) is 5.28. The molecule has 2 rings (SSSR count). The summed E-state index contributed by atoms with van der Waals surface area (Å²) in [5, 5.41) is 5.78. The SMILES string of the molecule is C[C@H](NCC1CC=CCC1)c1cccs1. The van der Waals surface area contributed by atoms with E-state index in [1.165, 1.54) is 24.1 Å². The van der Waals surface area contributed by atoms with Crippen LogP contribution >= 0.6 is 11.3 Å². The maximum absolute atomic E-state index is 3.63. The minimum atomic E-state index is 0.510. The average molecular weight is 221 g/mol. The quantitative estimate of drug-likeness (QED) is 0.763. The molecule has 0 amide bonds. The Morgan fingerprint density at radius 1 is 1.53 bits per heavy atom. The molecule has 2 heteroatoms. The van der Waals surface area contributed by atoms with Crippen LogP contribution in [-0.4, -0.2) is 6.54 Å². The Hall–Kier alpha value is -0.600. The first-order valence-electron chi connectivity index (χ1n) is 5.78. The summed E-state index contributed by atoms with van der Waals surface area (Å²) in [6, 6.07) is 4.85. The maximum Gasteiger partial charge on any atom is 0.0386 e. The van der Waals surface area contributed by atoms with Crippen molar-refractivity contribution >= 4 is 11.3 Å². The van der Waals surface area contributed by atoms with Crippen molar-refractivity contribution in [3.05, 3.63) is 34.5 Å². The molecule has 1 aliphatic rings. The summed E-state index contributed by atoms with van der Waals surface area (Å²) < 4.78 is 0. The highest BCUT2D eigenvalue weighted by Crippen LogP contribution is 2.21. The topological polar surface area (TPSA) is 12.0 Å². The van der Waals surface area contributed by atoms with E-state index in [-0.39, 0.29) is 0 Å². The van der Waals surface area contributed by atoms with E-state index in [0.717, 1.165) is 12.5 Å². The highest BCUT2D eigenvalue weighted by atomic mass is 32.1. The summed E-state index contributed by atoms with van der Waals surface area (Å²) in [5.74, 6) is 0.845.